The van der Waals surface area contributed by atoms with Gasteiger partial charge < -0.3 is 16.4 Å². The highest BCUT2D eigenvalue weighted by molar-refractivity contribution is 5.99. The third-order valence-corrected chi connectivity index (χ3v) is 3.08. The molecule has 92 valence electrons. The Kier molecular flexibility index (Phi) is 3.17. The van der Waals surface area contributed by atoms with Gasteiger partial charge in [-0.05, 0) is 31.0 Å². The molecule has 0 atom stereocenters. The standard InChI is InChI=1S/C13H19N3O/c1-13(2,8-14)15-7-9-3-4-11-10(5-9)6-12(17)16-11/h3-5,15H,6-8,14H2,1-2H3,(H,16,17). The van der Waals surface area contributed by atoms with Gasteiger partial charge in [0.1, 0.15) is 0 Å². The van der Waals surface area contributed by atoms with Crippen LogP contribution in [-0.4, -0.2) is 18.0 Å². The summed E-state index contributed by atoms with van der Waals surface area (Å²) in [5.74, 6) is 0.0763. The van der Waals surface area contributed by atoms with E-state index in [1.54, 1.807) is 0 Å². The van der Waals surface area contributed by atoms with E-state index < -0.39 is 0 Å². The molecule has 0 unspecified atom stereocenters. The Morgan fingerprint density at radius 2 is 2.24 bits per heavy atom. The van der Waals surface area contributed by atoms with Gasteiger partial charge in [0.05, 0.1) is 6.42 Å². The molecule has 1 heterocycles. The average molecular weight is 233 g/mol. The molecule has 4 nitrogen and oxygen atoms in total. The summed E-state index contributed by atoms with van der Waals surface area (Å²) < 4.78 is 0. The highest BCUT2D eigenvalue weighted by Crippen LogP contribution is 2.23. The molecule has 17 heavy (non-hydrogen) atoms. The van der Waals surface area contributed by atoms with Crippen LogP contribution in [0.3, 0.4) is 0 Å². The third kappa shape index (κ3) is 2.84. The highest BCUT2D eigenvalue weighted by Gasteiger charge is 2.18. The van der Waals surface area contributed by atoms with Crippen molar-refractivity contribution < 1.29 is 4.79 Å². The molecule has 2 rings (SSSR count). The zero-order valence-corrected chi connectivity index (χ0v) is 10.3. The second-order valence-corrected chi connectivity index (χ2v) is 5.16. The molecule has 1 aliphatic heterocycles. The Hall–Kier alpha value is -1.39. The van der Waals surface area contributed by atoms with Crippen molar-refractivity contribution in [2.75, 3.05) is 11.9 Å². The van der Waals surface area contributed by atoms with Gasteiger partial charge in [-0.2, -0.15) is 0 Å². The van der Waals surface area contributed by atoms with E-state index >= 15 is 0 Å². The number of carbonyl (C=O) groups excluding carboxylic acids is 1. The van der Waals surface area contributed by atoms with Gasteiger partial charge >= 0.3 is 0 Å². The number of nitrogens with two attached hydrogens (primary N) is 1. The van der Waals surface area contributed by atoms with Crippen LogP contribution in [0.4, 0.5) is 5.69 Å². The quantitative estimate of drug-likeness (QED) is 0.727. The number of amides is 1. The highest BCUT2D eigenvalue weighted by atomic mass is 16.1. The molecule has 0 fully saturated rings. The van der Waals surface area contributed by atoms with E-state index in [4.69, 9.17) is 5.73 Å². The van der Waals surface area contributed by atoms with Crippen LogP contribution in [0.1, 0.15) is 25.0 Å². The fourth-order valence-electron chi connectivity index (χ4n) is 1.81. The molecule has 1 aliphatic rings. The monoisotopic (exact) mass is 233 g/mol. The summed E-state index contributed by atoms with van der Waals surface area (Å²) in [6, 6.07) is 6.07. The molecule has 0 aromatic heterocycles. The summed E-state index contributed by atoms with van der Waals surface area (Å²) in [5.41, 5.74) is 8.81. The molecule has 0 saturated heterocycles. The van der Waals surface area contributed by atoms with Gasteiger partial charge in [-0.25, -0.2) is 0 Å². The van der Waals surface area contributed by atoms with Crippen LogP contribution in [0.2, 0.25) is 0 Å². The van der Waals surface area contributed by atoms with Gasteiger partial charge in [-0.3, -0.25) is 4.79 Å². The van der Waals surface area contributed by atoms with Crippen molar-refractivity contribution in [2.24, 2.45) is 5.73 Å². The lowest BCUT2D eigenvalue weighted by Gasteiger charge is -2.24. The molecule has 1 aromatic carbocycles. The number of fused-ring (bicyclic) bond motifs is 1. The van der Waals surface area contributed by atoms with E-state index in [1.165, 1.54) is 5.56 Å². The van der Waals surface area contributed by atoms with Crippen molar-refractivity contribution in [1.82, 2.24) is 5.32 Å². The van der Waals surface area contributed by atoms with Crippen LogP contribution < -0.4 is 16.4 Å². The molecule has 4 heteroatoms. The van der Waals surface area contributed by atoms with Crippen molar-refractivity contribution in [2.45, 2.75) is 32.4 Å². The molecule has 0 spiro atoms. The van der Waals surface area contributed by atoms with E-state index in [9.17, 15) is 4.79 Å². The van der Waals surface area contributed by atoms with E-state index in [2.05, 4.69) is 30.5 Å². The zero-order chi connectivity index (χ0) is 12.5. The molecule has 0 radical (unpaired) electrons. The number of rotatable bonds is 4. The van der Waals surface area contributed by atoms with E-state index in [0.717, 1.165) is 17.8 Å². The maximum absolute atomic E-state index is 11.2. The fourth-order valence-corrected chi connectivity index (χ4v) is 1.81. The lowest BCUT2D eigenvalue weighted by molar-refractivity contribution is -0.115. The Bertz CT molecular complexity index is 440. The number of benzene rings is 1. The molecule has 0 bridgehead atoms. The lowest BCUT2D eigenvalue weighted by atomic mass is 10.0. The van der Waals surface area contributed by atoms with Crippen LogP contribution in [0, 0.1) is 0 Å². The Balaban J connectivity index is 2.04. The molecule has 1 amide bonds. The normalized spacial score (nSPS) is 14.6. The van der Waals surface area contributed by atoms with Crippen LogP contribution in [0.5, 0.6) is 0 Å². The van der Waals surface area contributed by atoms with Crippen molar-refractivity contribution >= 4 is 11.6 Å². The predicted octanol–water partition coefficient (Wildman–Crippen LogP) is 1.01. The lowest BCUT2D eigenvalue weighted by Crippen LogP contribution is -2.45. The maximum Gasteiger partial charge on any atom is 0.228 e. The Morgan fingerprint density at radius 1 is 1.47 bits per heavy atom. The number of nitrogens with one attached hydrogen (secondary N) is 2. The first kappa shape index (κ1) is 12.1. The number of carbonyl (C=O) groups is 1. The SMILES string of the molecule is CC(C)(CN)NCc1ccc2c(c1)CC(=O)N2. The summed E-state index contributed by atoms with van der Waals surface area (Å²) in [7, 11) is 0. The van der Waals surface area contributed by atoms with Crippen molar-refractivity contribution in [3.8, 4) is 0 Å². The average Bonchev–Trinajstić information content (AvgIpc) is 2.66. The number of hydrogen-bond donors (Lipinski definition) is 3. The number of hydrogen-bond acceptors (Lipinski definition) is 3. The fraction of sp³-hybridized carbons (Fsp3) is 0.462. The zero-order valence-electron chi connectivity index (χ0n) is 10.3. The maximum atomic E-state index is 11.2. The van der Waals surface area contributed by atoms with Gasteiger partial charge in [-0.1, -0.05) is 12.1 Å². The number of anilines is 1. The van der Waals surface area contributed by atoms with Gasteiger partial charge in [0, 0.05) is 24.3 Å². The second-order valence-electron chi connectivity index (χ2n) is 5.16. The summed E-state index contributed by atoms with van der Waals surface area (Å²) >= 11 is 0. The summed E-state index contributed by atoms with van der Waals surface area (Å²) in [4.78, 5) is 11.2. The minimum Gasteiger partial charge on any atom is -0.329 e. The van der Waals surface area contributed by atoms with E-state index in [-0.39, 0.29) is 11.4 Å². The Morgan fingerprint density at radius 3 is 2.94 bits per heavy atom. The molecule has 0 aliphatic carbocycles. The van der Waals surface area contributed by atoms with E-state index in [1.807, 2.05) is 12.1 Å². The van der Waals surface area contributed by atoms with E-state index in [0.29, 0.717) is 13.0 Å². The molecule has 1 aromatic rings. The Labute approximate surface area is 102 Å². The largest absolute Gasteiger partial charge is 0.329 e. The topological polar surface area (TPSA) is 67.1 Å². The van der Waals surface area contributed by atoms with Crippen molar-refractivity contribution in [3.05, 3.63) is 29.3 Å². The first-order valence-electron chi connectivity index (χ1n) is 5.87. The van der Waals surface area contributed by atoms with Gasteiger partial charge in [0.25, 0.3) is 0 Å². The predicted molar refractivity (Wildman–Crippen MR) is 68.7 cm³/mol. The summed E-state index contributed by atoms with van der Waals surface area (Å²) in [6.45, 7) is 5.51. The van der Waals surface area contributed by atoms with Crippen molar-refractivity contribution in [1.29, 1.82) is 0 Å². The molecular formula is C13H19N3O. The molecule has 0 saturated carbocycles. The summed E-state index contributed by atoms with van der Waals surface area (Å²) in [5, 5.41) is 6.23. The van der Waals surface area contributed by atoms with Crippen LogP contribution in [-0.2, 0) is 17.8 Å². The van der Waals surface area contributed by atoms with Crippen LogP contribution in [0.25, 0.3) is 0 Å². The van der Waals surface area contributed by atoms with Gasteiger partial charge in [-0.15, -0.1) is 0 Å². The van der Waals surface area contributed by atoms with Crippen molar-refractivity contribution in [3.63, 3.8) is 0 Å². The first-order valence-corrected chi connectivity index (χ1v) is 5.87. The summed E-state index contributed by atoms with van der Waals surface area (Å²) in [6.07, 6.45) is 0.490. The van der Waals surface area contributed by atoms with Gasteiger partial charge in [0.2, 0.25) is 5.91 Å². The van der Waals surface area contributed by atoms with Crippen LogP contribution >= 0.6 is 0 Å². The minimum absolute atomic E-state index is 0.0624. The molecule has 4 N–H and O–H groups in total. The second kappa shape index (κ2) is 4.47. The minimum atomic E-state index is -0.0624. The molecular weight excluding hydrogens is 214 g/mol. The smallest absolute Gasteiger partial charge is 0.228 e. The third-order valence-electron chi connectivity index (χ3n) is 3.08. The van der Waals surface area contributed by atoms with Gasteiger partial charge in [0.15, 0.2) is 0 Å². The first-order chi connectivity index (χ1) is 8.00. The van der Waals surface area contributed by atoms with Crippen LogP contribution in [0.15, 0.2) is 18.2 Å².